The number of ketones is 1. The van der Waals surface area contributed by atoms with Crippen LogP contribution in [0.15, 0.2) is 60.4 Å². The van der Waals surface area contributed by atoms with Crippen LogP contribution in [0.3, 0.4) is 0 Å². The number of hydrogen-bond acceptors (Lipinski definition) is 8. The van der Waals surface area contributed by atoms with Gasteiger partial charge in [-0.3, -0.25) is 14.4 Å². The van der Waals surface area contributed by atoms with Crippen molar-refractivity contribution in [3.8, 4) is 23.0 Å². The van der Waals surface area contributed by atoms with E-state index in [2.05, 4.69) is 0 Å². The highest BCUT2D eigenvalue weighted by Gasteiger charge is 2.08. The maximum absolute atomic E-state index is 12.2. The maximum atomic E-state index is 12.2. The number of rotatable bonds is 13. The van der Waals surface area contributed by atoms with Crippen LogP contribution in [-0.2, 0) is 14.4 Å². The van der Waals surface area contributed by atoms with Crippen molar-refractivity contribution < 1.29 is 38.4 Å². The Morgan fingerprint density at radius 2 is 1.23 bits per heavy atom. The fourth-order valence-corrected chi connectivity index (χ4v) is 2.71. The van der Waals surface area contributed by atoms with Crippen molar-refractivity contribution in [1.82, 2.24) is 0 Å². The zero-order valence-electron chi connectivity index (χ0n) is 19.2. The normalized spacial score (nSPS) is 11.4. The number of amides is 2. The van der Waals surface area contributed by atoms with E-state index in [9.17, 15) is 19.5 Å². The van der Waals surface area contributed by atoms with Crippen LogP contribution in [0.5, 0.6) is 23.0 Å². The second-order valence-corrected chi connectivity index (χ2v) is 6.97. The molecule has 2 aromatic rings. The molecule has 35 heavy (non-hydrogen) atoms. The number of carbonyl (C=O) groups is 3. The van der Waals surface area contributed by atoms with E-state index < -0.39 is 17.6 Å². The van der Waals surface area contributed by atoms with Gasteiger partial charge in [0.15, 0.2) is 42.0 Å². The smallest absolute Gasteiger partial charge is 0.255 e. The molecule has 0 saturated carbocycles. The van der Waals surface area contributed by atoms with Gasteiger partial charge in [0.05, 0.1) is 14.2 Å². The molecule has 0 aliphatic rings. The highest BCUT2D eigenvalue weighted by atomic mass is 16.5. The van der Waals surface area contributed by atoms with Crippen LogP contribution in [0.4, 0.5) is 0 Å². The van der Waals surface area contributed by atoms with Gasteiger partial charge in [0.25, 0.3) is 11.8 Å². The Hall–Kier alpha value is -4.73. The number of primary amides is 2. The average Bonchev–Trinajstić information content (AvgIpc) is 2.83. The number of allylic oxidation sites excluding steroid dienone is 3. The lowest BCUT2D eigenvalue weighted by Gasteiger charge is -2.10. The van der Waals surface area contributed by atoms with Crippen LogP contribution >= 0.6 is 0 Å². The molecule has 2 rings (SSSR count). The summed E-state index contributed by atoms with van der Waals surface area (Å²) in [6, 6.07) is 9.76. The Morgan fingerprint density at radius 3 is 1.66 bits per heavy atom. The largest absolute Gasteiger partial charge is 0.508 e. The number of nitrogens with two attached hydrogens (primary N) is 2. The van der Waals surface area contributed by atoms with Gasteiger partial charge in [0, 0.05) is 6.08 Å². The molecule has 0 spiro atoms. The lowest BCUT2D eigenvalue weighted by Crippen LogP contribution is -2.20. The molecule has 10 nitrogen and oxygen atoms in total. The van der Waals surface area contributed by atoms with Crippen molar-refractivity contribution in [3.63, 3.8) is 0 Å². The topological polar surface area (TPSA) is 160 Å². The van der Waals surface area contributed by atoms with Gasteiger partial charge in [-0.15, -0.1) is 0 Å². The Kier molecular flexibility index (Phi) is 9.92. The van der Waals surface area contributed by atoms with Crippen molar-refractivity contribution in [2.24, 2.45) is 11.5 Å². The number of aliphatic hydroxyl groups excluding tert-OH is 1. The minimum Gasteiger partial charge on any atom is -0.508 e. The number of ether oxygens (including phenoxy) is 4. The third-order valence-electron chi connectivity index (χ3n) is 4.29. The minimum absolute atomic E-state index is 0.263. The van der Waals surface area contributed by atoms with Crippen molar-refractivity contribution in [2.75, 3.05) is 27.4 Å². The summed E-state index contributed by atoms with van der Waals surface area (Å²) in [6.45, 7) is -0.577. The van der Waals surface area contributed by atoms with Crippen LogP contribution in [0.1, 0.15) is 11.1 Å². The molecule has 5 N–H and O–H groups in total. The van der Waals surface area contributed by atoms with Gasteiger partial charge in [-0.25, -0.2) is 0 Å². The third-order valence-corrected chi connectivity index (χ3v) is 4.29. The van der Waals surface area contributed by atoms with Gasteiger partial charge in [-0.05, 0) is 47.5 Å². The monoisotopic (exact) mass is 482 g/mol. The Labute approximate surface area is 202 Å². The number of benzene rings is 2. The summed E-state index contributed by atoms with van der Waals surface area (Å²) in [5.41, 5.74) is 11.4. The zero-order valence-corrected chi connectivity index (χ0v) is 19.2. The van der Waals surface area contributed by atoms with Crippen LogP contribution in [-0.4, -0.2) is 50.1 Å². The first-order valence-corrected chi connectivity index (χ1v) is 10.2. The van der Waals surface area contributed by atoms with E-state index in [0.717, 1.165) is 6.08 Å². The lowest BCUT2D eigenvalue weighted by molar-refractivity contribution is -0.120. The summed E-state index contributed by atoms with van der Waals surface area (Å²) in [5, 5.41) is 10.1. The molecule has 0 heterocycles. The molecule has 0 unspecified atom stereocenters. The van der Waals surface area contributed by atoms with E-state index in [4.69, 9.17) is 30.4 Å². The first-order chi connectivity index (χ1) is 16.7. The predicted molar refractivity (Wildman–Crippen MR) is 129 cm³/mol. The standard InChI is InChI=1S/C25H26N2O8/c1-32-22-11-16(5-9-20(22)34-14-24(26)30)3-7-18(28)13-19(29)8-4-17-6-10-21(23(12-17)33-2)35-15-25(27)31/h3-13,28H,14-15H2,1-2H3,(H2,26,30)(H2,27,31)/b7-3+,8-4+,18-13-. The Morgan fingerprint density at radius 1 is 0.771 bits per heavy atom. The van der Waals surface area contributed by atoms with E-state index in [1.165, 1.54) is 32.4 Å². The van der Waals surface area contributed by atoms with Gasteiger partial charge in [0.1, 0.15) is 5.76 Å². The fraction of sp³-hybridized carbons (Fsp3) is 0.160. The summed E-state index contributed by atoms with van der Waals surface area (Å²) in [5.74, 6) is -0.536. The highest BCUT2D eigenvalue weighted by Crippen LogP contribution is 2.29. The Balaban J connectivity index is 2.04. The molecule has 0 aliphatic carbocycles. The molecule has 2 aromatic carbocycles. The second-order valence-electron chi connectivity index (χ2n) is 6.97. The number of hydrogen-bond donors (Lipinski definition) is 3. The maximum Gasteiger partial charge on any atom is 0.255 e. The zero-order chi connectivity index (χ0) is 25.8. The molecule has 2 amide bonds. The van der Waals surface area contributed by atoms with E-state index in [1.807, 2.05) is 0 Å². The molecule has 10 heteroatoms. The molecule has 184 valence electrons. The molecule has 0 aromatic heterocycles. The molecular formula is C25H26N2O8. The molecule has 0 saturated heterocycles. The van der Waals surface area contributed by atoms with Gasteiger partial charge >= 0.3 is 0 Å². The molecular weight excluding hydrogens is 456 g/mol. The summed E-state index contributed by atoms with van der Waals surface area (Å²) in [6.07, 6.45) is 6.77. The molecule has 0 aliphatic heterocycles. The number of methoxy groups -OCH3 is 2. The molecule has 0 atom stereocenters. The highest BCUT2D eigenvalue weighted by molar-refractivity contribution is 6.02. The van der Waals surface area contributed by atoms with Crippen molar-refractivity contribution in [2.45, 2.75) is 0 Å². The lowest BCUT2D eigenvalue weighted by atomic mass is 10.1. The van der Waals surface area contributed by atoms with Crippen LogP contribution in [0.2, 0.25) is 0 Å². The second kappa shape index (κ2) is 13.1. The van der Waals surface area contributed by atoms with Crippen molar-refractivity contribution in [3.05, 3.63) is 71.5 Å². The third kappa shape index (κ3) is 8.97. The van der Waals surface area contributed by atoms with Gasteiger partial charge in [-0.2, -0.15) is 0 Å². The molecule has 0 fully saturated rings. The summed E-state index contributed by atoms with van der Waals surface area (Å²) in [7, 11) is 2.88. The van der Waals surface area contributed by atoms with Crippen LogP contribution < -0.4 is 30.4 Å². The van der Waals surface area contributed by atoms with Gasteiger partial charge < -0.3 is 35.5 Å². The van der Waals surface area contributed by atoms with Crippen molar-refractivity contribution >= 4 is 29.7 Å². The van der Waals surface area contributed by atoms with E-state index >= 15 is 0 Å². The van der Waals surface area contributed by atoms with Gasteiger partial charge in [-0.1, -0.05) is 24.3 Å². The van der Waals surface area contributed by atoms with Gasteiger partial charge in [0.2, 0.25) is 0 Å². The number of aliphatic hydroxyl groups is 1. The van der Waals surface area contributed by atoms with Crippen molar-refractivity contribution in [1.29, 1.82) is 0 Å². The van der Waals surface area contributed by atoms with E-state index in [0.29, 0.717) is 34.1 Å². The average molecular weight is 482 g/mol. The quantitative estimate of drug-likeness (QED) is 0.222. The van der Waals surface area contributed by atoms with Crippen LogP contribution in [0.25, 0.3) is 12.2 Å². The summed E-state index contributed by atoms with van der Waals surface area (Å²) < 4.78 is 21.0. The summed E-state index contributed by atoms with van der Waals surface area (Å²) in [4.78, 5) is 33.9. The van der Waals surface area contributed by atoms with E-state index in [1.54, 1.807) is 42.5 Å². The molecule has 0 bridgehead atoms. The van der Waals surface area contributed by atoms with Crippen LogP contribution in [0, 0.1) is 0 Å². The predicted octanol–water partition coefficient (Wildman–Crippen LogP) is 2.17. The SMILES string of the molecule is COc1cc(/C=C/C(=O)/C=C(O)/C=C/c2ccc(OCC(N)=O)c(OC)c2)ccc1OCC(N)=O. The first-order valence-electron chi connectivity index (χ1n) is 10.2. The fourth-order valence-electron chi connectivity index (χ4n) is 2.71. The number of carbonyl (C=O) groups excluding carboxylic acids is 3. The molecule has 0 radical (unpaired) electrons. The van der Waals surface area contributed by atoms with E-state index in [-0.39, 0.29) is 19.0 Å². The summed E-state index contributed by atoms with van der Waals surface area (Å²) >= 11 is 0. The Bertz CT molecular complexity index is 1170. The minimum atomic E-state index is -0.618. The first kappa shape index (κ1) is 26.5.